The summed E-state index contributed by atoms with van der Waals surface area (Å²) in [6.45, 7) is 4.00. The summed E-state index contributed by atoms with van der Waals surface area (Å²) in [5, 5.41) is 0. The molecule has 0 aromatic rings. The highest BCUT2D eigenvalue weighted by atomic mass is 14.7. The van der Waals surface area contributed by atoms with Crippen LogP contribution in [-0.4, -0.2) is 0 Å². The molecule has 4 atom stereocenters. The molecule has 0 N–H and O–H groups in total. The minimum absolute atomic E-state index is 0.966. The van der Waals surface area contributed by atoms with E-state index in [9.17, 15) is 0 Å². The zero-order chi connectivity index (χ0) is 13.3. The minimum Gasteiger partial charge on any atom is -0.0885 e. The van der Waals surface area contributed by atoms with Crippen molar-refractivity contribution in [3.63, 3.8) is 0 Å². The van der Waals surface area contributed by atoms with Crippen LogP contribution in [0.4, 0.5) is 0 Å². The van der Waals surface area contributed by atoms with Gasteiger partial charge in [0.1, 0.15) is 0 Å². The van der Waals surface area contributed by atoms with E-state index in [1.54, 1.807) is 38.5 Å². The average molecular weight is 260 g/mol. The molecule has 0 aliphatic heterocycles. The first kappa shape index (κ1) is 13.7. The Morgan fingerprint density at radius 1 is 0.737 bits per heavy atom. The van der Waals surface area contributed by atoms with E-state index < -0.39 is 0 Å². The molecule has 5 aliphatic rings. The van der Waals surface area contributed by atoms with E-state index in [0.29, 0.717) is 0 Å². The van der Waals surface area contributed by atoms with Crippen LogP contribution < -0.4 is 0 Å². The second-order valence-corrected chi connectivity index (χ2v) is 7.47. The Morgan fingerprint density at radius 2 is 1.26 bits per heavy atom. The SMILES string of the molecule is C1=CCCCC1.C1C2CC3CC4CC1CC34C2.CC. The summed E-state index contributed by atoms with van der Waals surface area (Å²) < 4.78 is 0. The van der Waals surface area contributed by atoms with Gasteiger partial charge >= 0.3 is 0 Å². The molecule has 0 heteroatoms. The maximum atomic E-state index is 2.27. The molecule has 0 heterocycles. The van der Waals surface area contributed by atoms with Gasteiger partial charge in [-0.15, -0.1) is 0 Å². The average Bonchev–Trinajstić information content (AvgIpc) is 2.81. The van der Waals surface area contributed by atoms with Crippen molar-refractivity contribution in [2.45, 2.75) is 78.1 Å². The number of hydrogen-bond acceptors (Lipinski definition) is 0. The molecule has 0 saturated heterocycles. The summed E-state index contributed by atoms with van der Waals surface area (Å²) in [7, 11) is 0. The highest BCUT2D eigenvalue weighted by molar-refractivity contribution is 5.15. The van der Waals surface area contributed by atoms with Gasteiger partial charge in [0.25, 0.3) is 0 Å². The zero-order valence-corrected chi connectivity index (χ0v) is 13.0. The second-order valence-electron chi connectivity index (χ2n) is 7.47. The Kier molecular flexibility index (Phi) is 4.06. The molecule has 0 aromatic carbocycles. The van der Waals surface area contributed by atoms with Gasteiger partial charge in [-0.1, -0.05) is 26.0 Å². The zero-order valence-electron chi connectivity index (χ0n) is 13.0. The van der Waals surface area contributed by atoms with Gasteiger partial charge in [-0.2, -0.15) is 0 Å². The number of fused-ring (bicyclic) bond motifs is 2. The normalized spacial score (nSPS) is 47.5. The Labute approximate surface area is 120 Å². The van der Waals surface area contributed by atoms with Gasteiger partial charge in [0.05, 0.1) is 0 Å². The fraction of sp³-hybridized carbons (Fsp3) is 0.895. The molecule has 4 saturated carbocycles. The Morgan fingerprint density at radius 3 is 1.68 bits per heavy atom. The predicted molar refractivity (Wildman–Crippen MR) is 83.1 cm³/mol. The molecule has 5 aliphatic carbocycles. The number of rotatable bonds is 0. The van der Waals surface area contributed by atoms with Crippen LogP contribution in [-0.2, 0) is 0 Å². The van der Waals surface area contributed by atoms with Crippen LogP contribution in [0.5, 0.6) is 0 Å². The van der Waals surface area contributed by atoms with Crippen molar-refractivity contribution >= 4 is 0 Å². The third-order valence-corrected chi connectivity index (χ3v) is 6.59. The molecule has 108 valence electrons. The molecule has 0 amide bonds. The van der Waals surface area contributed by atoms with Gasteiger partial charge in [0.2, 0.25) is 0 Å². The van der Waals surface area contributed by atoms with E-state index in [2.05, 4.69) is 12.2 Å². The van der Waals surface area contributed by atoms with E-state index in [0.717, 1.165) is 5.41 Å². The van der Waals surface area contributed by atoms with Gasteiger partial charge < -0.3 is 0 Å². The van der Waals surface area contributed by atoms with Crippen molar-refractivity contribution in [2.24, 2.45) is 29.1 Å². The first-order valence-corrected chi connectivity index (χ1v) is 9.02. The Hall–Kier alpha value is -0.260. The summed E-state index contributed by atoms with van der Waals surface area (Å²) in [6, 6.07) is 0. The predicted octanol–water partition coefficient (Wildman–Crippen LogP) is 5.98. The lowest BCUT2D eigenvalue weighted by atomic mass is 9.56. The molecule has 0 aromatic heterocycles. The van der Waals surface area contributed by atoms with Crippen LogP contribution in [0.3, 0.4) is 0 Å². The van der Waals surface area contributed by atoms with Gasteiger partial charge in [-0.05, 0) is 93.3 Å². The van der Waals surface area contributed by atoms with E-state index in [-0.39, 0.29) is 0 Å². The first-order valence-electron chi connectivity index (χ1n) is 9.02. The molecule has 19 heavy (non-hydrogen) atoms. The highest BCUT2D eigenvalue weighted by Crippen LogP contribution is 2.75. The summed E-state index contributed by atoms with van der Waals surface area (Å²) in [6.07, 6.45) is 19.8. The molecule has 0 nitrogen and oxygen atoms in total. The number of allylic oxidation sites excluding steroid dienone is 2. The minimum atomic E-state index is 0.966. The van der Waals surface area contributed by atoms with Crippen LogP contribution in [0.2, 0.25) is 0 Å². The maximum absolute atomic E-state index is 2.27. The molecule has 5 rings (SSSR count). The summed E-state index contributed by atoms with van der Waals surface area (Å²) in [5.74, 6) is 4.80. The van der Waals surface area contributed by atoms with Crippen molar-refractivity contribution in [3.8, 4) is 0 Å². The van der Waals surface area contributed by atoms with Gasteiger partial charge in [-0.25, -0.2) is 0 Å². The van der Waals surface area contributed by atoms with Crippen molar-refractivity contribution in [3.05, 3.63) is 12.2 Å². The summed E-state index contributed by atoms with van der Waals surface area (Å²) in [4.78, 5) is 0. The third kappa shape index (κ3) is 2.30. The van der Waals surface area contributed by atoms with Crippen molar-refractivity contribution in [2.75, 3.05) is 0 Å². The fourth-order valence-corrected chi connectivity index (χ4v) is 6.03. The molecular weight excluding hydrogens is 228 g/mol. The smallest absolute Gasteiger partial charge is 0.0235 e. The lowest BCUT2D eigenvalue weighted by Crippen LogP contribution is -2.41. The Balaban J connectivity index is 0.000000119. The van der Waals surface area contributed by atoms with E-state index in [1.165, 1.54) is 49.4 Å². The molecule has 4 unspecified atom stereocenters. The number of hydrogen-bond donors (Lipinski definition) is 0. The third-order valence-electron chi connectivity index (χ3n) is 6.59. The van der Waals surface area contributed by atoms with Crippen molar-refractivity contribution in [1.29, 1.82) is 0 Å². The van der Waals surface area contributed by atoms with Crippen LogP contribution in [0.25, 0.3) is 0 Å². The summed E-state index contributed by atoms with van der Waals surface area (Å²) >= 11 is 0. The standard InChI is InChI=1S/C11H16.C6H10.C2H6/c1-7-2-9-4-10-3-8(1)6-11(9,10)5-7;1-2-4-6-5-3-1;1-2/h7-10H,1-6H2;1-2H,3-6H2;1-2H3. The molecule has 1 spiro atoms. The van der Waals surface area contributed by atoms with Crippen LogP contribution in [0.1, 0.15) is 78.1 Å². The quantitative estimate of drug-likeness (QED) is 0.470. The molecule has 4 fully saturated rings. The second kappa shape index (κ2) is 5.62. The molecular formula is C19H32. The molecule has 3 bridgehead atoms. The van der Waals surface area contributed by atoms with E-state index >= 15 is 0 Å². The summed E-state index contributed by atoms with van der Waals surface area (Å²) in [5.41, 5.74) is 0.966. The largest absolute Gasteiger partial charge is 0.0885 e. The van der Waals surface area contributed by atoms with Crippen LogP contribution >= 0.6 is 0 Å². The first-order chi connectivity index (χ1) is 9.37. The van der Waals surface area contributed by atoms with Crippen molar-refractivity contribution in [1.82, 2.24) is 0 Å². The van der Waals surface area contributed by atoms with Gasteiger partial charge in [-0.3, -0.25) is 0 Å². The van der Waals surface area contributed by atoms with E-state index in [4.69, 9.17) is 0 Å². The monoisotopic (exact) mass is 260 g/mol. The lowest BCUT2D eigenvalue weighted by molar-refractivity contribution is 0.000658. The topological polar surface area (TPSA) is 0 Å². The molecule has 0 radical (unpaired) electrons. The van der Waals surface area contributed by atoms with E-state index in [1.807, 2.05) is 13.8 Å². The fourth-order valence-electron chi connectivity index (χ4n) is 6.03. The highest BCUT2D eigenvalue weighted by Gasteiger charge is 2.66. The van der Waals surface area contributed by atoms with Gasteiger partial charge in [0, 0.05) is 0 Å². The van der Waals surface area contributed by atoms with Gasteiger partial charge in [0.15, 0.2) is 0 Å². The van der Waals surface area contributed by atoms with Crippen LogP contribution in [0, 0.1) is 29.1 Å². The maximum Gasteiger partial charge on any atom is -0.0235 e. The lowest BCUT2D eigenvalue weighted by Gasteiger charge is -2.49. The van der Waals surface area contributed by atoms with Crippen molar-refractivity contribution < 1.29 is 0 Å². The Bertz CT molecular complexity index is 293. The van der Waals surface area contributed by atoms with Crippen LogP contribution in [0.15, 0.2) is 12.2 Å².